The van der Waals surface area contributed by atoms with Gasteiger partial charge in [-0.25, -0.2) is 0 Å². The fourth-order valence-corrected chi connectivity index (χ4v) is 2.37. The lowest BCUT2D eigenvalue weighted by atomic mass is 10.2. The van der Waals surface area contributed by atoms with Crippen LogP contribution in [0.15, 0.2) is 18.2 Å². The molecule has 1 aliphatic heterocycles. The molecule has 0 atom stereocenters. The molecule has 7 heteroatoms. The van der Waals surface area contributed by atoms with Crippen molar-refractivity contribution in [3.63, 3.8) is 0 Å². The van der Waals surface area contributed by atoms with Crippen molar-refractivity contribution in [2.75, 3.05) is 23.7 Å². The zero-order valence-corrected chi connectivity index (χ0v) is 12.5. The van der Waals surface area contributed by atoms with Crippen molar-refractivity contribution in [2.24, 2.45) is 0 Å². The quantitative estimate of drug-likeness (QED) is 0.939. The summed E-state index contributed by atoms with van der Waals surface area (Å²) in [6.07, 6.45) is 2.27. The van der Waals surface area contributed by atoms with Gasteiger partial charge in [0, 0.05) is 18.1 Å². The fraction of sp³-hybridized carbons (Fsp3) is 0.357. The summed E-state index contributed by atoms with van der Waals surface area (Å²) in [5, 5.41) is 0.690. The molecule has 6 nitrogen and oxygen atoms in total. The van der Waals surface area contributed by atoms with E-state index in [9.17, 15) is 0 Å². The van der Waals surface area contributed by atoms with E-state index < -0.39 is 0 Å². The molecule has 2 N–H and O–H groups in total. The Labute approximate surface area is 127 Å². The van der Waals surface area contributed by atoms with Crippen LogP contribution >= 0.6 is 11.6 Å². The van der Waals surface area contributed by atoms with Crippen LogP contribution in [0.5, 0.6) is 11.8 Å². The zero-order chi connectivity index (χ0) is 14.8. The van der Waals surface area contributed by atoms with Gasteiger partial charge in [0.05, 0.1) is 0 Å². The number of hydrogen-bond donors (Lipinski definition) is 1. The molecule has 3 rings (SSSR count). The Morgan fingerprint density at radius 3 is 2.67 bits per heavy atom. The van der Waals surface area contributed by atoms with Crippen LogP contribution in [0.3, 0.4) is 0 Å². The minimum absolute atomic E-state index is 0.160. The van der Waals surface area contributed by atoms with Crippen molar-refractivity contribution in [1.82, 2.24) is 15.0 Å². The normalized spacial score (nSPS) is 14.5. The maximum absolute atomic E-state index is 6.00. The summed E-state index contributed by atoms with van der Waals surface area (Å²) in [6.45, 7) is 3.78. The van der Waals surface area contributed by atoms with Crippen molar-refractivity contribution in [2.45, 2.75) is 19.8 Å². The van der Waals surface area contributed by atoms with Gasteiger partial charge in [-0.1, -0.05) is 11.6 Å². The van der Waals surface area contributed by atoms with E-state index in [1.165, 1.54) is 0 Å². The summed E-state index contributed by atoms with van der Waals surface area (Å²) >= 11 is 6.00. The summed E-state index contributed by atoms with van der Waals surface area (Å²) in [4.78, 5) is 14.6. The van der Waals surface area contributed by atoms with E-state index in [1.54, 1.807) is 12.1 Å². The average Bonchev–Trinajstić information content (AvgIpc) is 2.96. The molecule has 1 saturated heterocycles. The Morgan fingerprint density at radius 2 is 1.95 bits per heavy atom. The zero-order valence-electron chi connectivity index (χ0n) is 11.7. The molecule has 0 unspecified atom stereocenters. The van der Waals surface area contributed by atoms with E-state index in [0.717, 1.165) is 31.5 Å². The topological polar surface area (TPSA) is 77.2 Å². The lowest BCUT2D eigenvalue weighted by molar-refractivity contribution is 0.440. The van der Waals surface area contributed by atoms with Gasteiger partial charge < -0.3 is 15.4 Å². The number of nitrogens with two attached hydrogens (primary N) is 1. The molecule has 1 fully saturated rings. The highest BCUT2D eigenvalue weighted by Crippen LogP contribution is 2.25. The standard InChI is InChI=1S/C14H16ClN5O/c1-9-8-10(4-5-11(9)15)21-14-18-12(16)17-13(19-14)20-6-2-3-7-20/h4-5,8H,2-3,6-7H2,1H3,(H2,16,17,18,19). The number of aromatic nitrogens is 3. The molecule has 2 heterocycles. The van der Waals surface area contributed by atoms with E-state index >= 15 is 0 Å². The first-order valence-electron chi connectivity index (χ1n) is 6.82. The number of aryl methyl sites for hydroxylation is 1. The average molecular weight is 306 g/mol. The molecule has 0 saturated carbocycles. The molecule has 2 aromatic rings. The Hall–Kier alpha value is -2.08. The first-order chi connectivity index (χ1) is 10.1. The van der Waals surface area contributed by atoms with Crippen LogP contribution in [0.1, 0.15) is 18.4 Å². The molecule has 1 aromatic heterocycles. The number of nitrogens with zero attached hydrogens (tertiary/aromatic N) is 4. The Balaban J connectivity index is 1.85. The van der Waals surface area contributed by atoms with Crippen LogP contribution in [0.25, 0.3) is 0 Å². The third kappa shape index (κ3) is 3.16. The first-order valence-corrected chi connectivity index (χ1v) is 7.20. The largest absolute Gasteiger partial charge is 0.424 e. The maximum atomic E-state index is 6.00. The van der Waals surface area contributed by atoms with Crippen LogP contribution in [0, 0.1) is 6.92 Å². The number of halogens is 1. The monoisotopic (exact) mass is 305 g/mol. The Morgan fingerprint density at radius 1 is 1.19 bits per heavy atom. The van der Waals surface area contributed by atoms with Gasteiger partial charge in [-0.15, -0.1) is 0 Å². The van der Waals surface area contributed by atoms with Crippen molar-refractivity contribution in [1.29, 1.82) is 0 Å². The Bertz CT molecular complexity index is 658. The fourth-order valence-electron chi connectivity index (χ4n) is 2.25. The molecule has 0 aliphatic carbocycles. The van der Waals surface area contributed by atoms with Crippen LogP contribution in [0.2, 0.25) is 5.02 Å². The highest BCUT2D eigenvalue weighted by atomic mass is 35.5. The maximum Gasteiger partial charge on any atom is 0.328 e. The highest BCUT2D eigenvalue weighted by Gasteiger charge is 2.17. The van der Waals surface area contributed by atoms with Crippen LogP contribution in [0.4, 0.5) is 11.9 Å². The molecule has 0 bridgehead atoms. The summed E-state index contributed by atoms with van der Waals surface area (Å²) in [7, 11) is 0. The first kappa shape index (κ1) is 13.9. The van der Waals surface area contributed by atoms with Gasteiger partial charge in [0.1, 0.15) is 5.75 Å². The van der Waals surface area contributed by atoms with E-state index in [-0.39, 0.29) is 12.0 Å². The highest BCUT2D eigenvalue weighted by molar-refractivity contribution is 6.31. The predicted octanol–water partition coefficient (Wildman–Crippen LogP) is 2.81. The number of nitrogen functional groups attached to an aromatic ring is 1. The molecule has 1 aliphatic rings. The molecular formula is C14H16ClN5O. The van der Waals surface area contributed by atoms with Crippen molar-refractivity contribution >= 4 is 23.5 Å². The van der Waals surface area contributed by atoms with Gasteiger partial charge in [0.2, 0.25) is 11.9 Å². The van der Waals surface area contributed by atoms with Gasteiger partial charge in [0.25, 0.3) is 0 Å². The second-order valence-electron chi connectivity index (χ2n) is 4.98. The van der Waals surface area contributed by atoms with Crippen molar-refractivity contribution in [3.05, 3.63) is 28.8 Å². The van der Waals surface area contributed by atoms with Crippen LogP contribution < -0.4 is 15.4 Å². The van der Waals surface area contributed by atoms with E-state index in [1.807, 2.05) is 13.0 Å². The van der Waals surface area contributed by atoms with Crippen LogP contribution in [-0.2, 0) is 0 Å². The predicted molar refractivity (Wildman–Crippen MR) is 81.9 cm³/mol. The molecule has 110 valence electrons. The smallest absolute Gasteiger partial charge is 0.328 e. The lowest BCUT2D eigenvalue weighted by Crippen LogP contribution is -2.21. The SMILES string of the molecule is Cc1cc(Oc2nc(N)nc(N3CCCC3)n2)ccc1Cl. The van der Waals surface area contributed by atoms with Crippen molar-refractivity contribution < 1.29 is 4.74 Å². The van der Waals surface area contributed by atoms with Gasteiger partial charge in [-0.3, -0.25) is 0 Å². The minimum Gasteiger partial charge on any atom is -0.424 e. The van der Waals surface area contributed by atoms with Crippen molar-refractivity contribution in [3.8, 4) is 11.8 Å². The number of rotatable bonds is 3. The molecule has 0 amide bonds. The van der Waals surface area contributed by atoms with Crippen LogP contribution in [-0.4, -0.2) is 28.0 Å². The molecular weight excluding hydrogens is 290 g/mol. The van der Waals surface area contributed by atoms with E-state index in [2.05, 4.69) is 19.9 Å². The van der Waals surface area contributed by atoms with Gasteiger partial charge in [-0.2, -0.15) is 15.0 Å². The molecule has 21 heavy (non-hydrogen) atoms. The number of ether oxygens (including phenoxy) is 1. The number of anilines is 2. The molecule has 0 radical (unpaired) electrons. The lowest BCUT2D eigenvalue weighted by Gasteiger charge is -2.15. The van der Waals surface area contributed by atoms with E-state index in [0.29, 0.717) is 16.7 Å². The number of hydrogen-bond acceptors (Lipinski definition) is 6. The third-order valence-corrected chi connectivity index (χ3v) is 3.77. The minimum atomic E-state index is 0.160. The third-order valence-electron chi connectivity index (χ3n) is 3.35. The second kappa shape index (κ2) is 5.73. The summed E-state index contributed by atoms with van der Waals surface area (Å²) < 4.78 is 5.67. The van der Waals surface area contributed by atoms with E-state index in [4.69, 9.17) is 22.1 Å². The molecule has 1 aromatic carbocycles. The molecule has 0 spiro atoms. The van der Waals surface area contributed by atoms with Gasteiger partial charge in [-0.05, 0) is 43.5 Å². The summed E-state index contributed by atoms with van der Waals surface area (Å²) in [5.41, 5.74) is 6.67. The van der Waals surface area contributed by atoms with Gasteiger partial charge >= 0.3 is 6.01 Å². The number of benzene rings is 1. The van der Waals surface area contributed by atoms with Gasteiger partial charge in [0.15, 0.2) is 0 Å². The second-order valence-corrected chi connectivity index (χ2v) is 5.39. The Kier molecular flexibility index (Phi) is 3.79. The summed E-state index contributed by atoms with van der Waals surface area (Å²) in [5.74, 6) is 1.35. The summed E-state index contributed by atoms with van der Waals surface area (Å²) in [6, 6.07) is 5.58.